The van der Waals surface area contributed by atoms with Crippen LogP contribution in [0.5, 0.6) is 5.75 Å². The van der Waals surface area contributed by atoms with E-state index in [4.69, 9.17) is 9.47 Å². The Morgan fingerprint density at radius 1 is 0.656 bits per heavy atom. The van der Waals surface area contributed by atoms with Crippen molar-refractivity contribution in [2.24, 2.45) is 0 Å². The van der Waals surface area contributed by atoms with Gasteiger partial charge in [-0.2, -0.15) is 0 Å². The van der Waals surface area contributed by atoms with Gasteiger partial charge in [-0.25, -0.2) is 0 Å². The molecule has 0 spiro atoms. The summed E-state index contributed by atoms with van der Waals surface area (Å²) in [7, 11) is 0. The minimum Gasteiger partial charge on any atom is -0.466 e. The second-order valence-corrected chi connectivity index (χ2v) is 8.75. The largest absolute Gasteiger partial charge is 0.466 e. The highest BCUT2D eigenvalue weighted by atomic mass is 16.5. The molecule has 4 nitrogen and oxygen atoms in total. The maximum atomic E-state index is 12.0. The van der Waals surface area contributed by atoms with Crippen molar-refractivity contribution in [3.05, 3.63) is 29.8 Å². The van der Waals surface area contributed by atoms with E-state index in [9.17, 15) is 9.59 Å². The van der Waals surface area contributed by atoms with Crippen LogP contribution in [0.2, 0.25) is 0 Å². The van der Waals surface area contributed by atoms with Gasteiger partial charge in [-0.05, 0) is 37.3 Å². The Morgan fingerprint density at radius 3 is 1.81 bits per heavy atom. The number of esters is 2. The average molecular weight is 447 g/mol. The van der Waals surface area contributed by atoms with Crippen molar-refractivity contribution in [1.29, 1.82) is 0 Å². The minimum absolute atomic E-state index is 0.0527. The number of hydrogen-bond acceptors (Lipinski definition) is 4. The van der Waals surface area contributed by atoms with E-state index in [-0.39, 0.29) is 11.9 Å². The highest BCUT2D eigenvalue weighted by Crippen LogP contribution is 2.19. The maximum absolute atomic E-state index is 12.0. The second kappa shape index (κ2) is 19.8. The normalized spacial score (nSPS) is 10.8. The molecule has 32 heavy (non-hydrogen) atoms. The van der Waals surface area contributed by atoms with Crippen LogP contribution in [-0.4, -0.2) is 18.5 Å². The van der Waals surface area contributed by atoms with Gasteiger partial charge >= 0.3 is 11.9 Å². The average Bonchev–Trinajstić information content (AvgIpc) is 2.80. The van der Waals surface area contributed by atoms with Crippen molar-refractivity contribution >= 4 is 11.9 Å². The summed E-state index contributed by atoms with van der Waals surface area (Å²) in [4.78, 5) is 23.8. The first-order chi connectivity index (χ1) is 15.7. The molecular formula is C28H46O4. The lowest BCUT2D eigenvalue weighted by Gasteiger charge is -2.08. The molecule has 1 rings (SSSR count). The van der Waals surface area contributed by atoms with Gasteiger partial charge in [0.15, 0.2) is 0 Å². The third kappa shape index (κ3) is 15.0. The van der Waals surface area contributed by atoms with Crippen LogP contribution in [0.3, 0.4) is 0 Å². The molecule has 0 fully saturated rings. The number of aryl methyl sites for hydroxylation is 1. The highest BCUT2D eigenvalue weighted by molar-refractivity contribution is 5.72. The molecule has 182 valence electrons. The summed E-state index contributed by atoms with van der Waals surface area (Å²) in [5.74, 6) is 0.488. The van der Waals surface area contributed by atoms with Gasteiger partial charge in [0, 0.05) is 12.8 Å². The van der Waals surface area contributed by atoms with E-state index in [1.807, 2.05) is 24.3 Å². The van der Waals surface area contributed by atoms with Crippen LogP contribution in [-0.2, 0) is 20.7 Å². The fourth-order valence-electron chi connectivity index (χ4n) is 3.81. The van der Waals surface area contributed by atoms with Gasteiger partial charge in [0.25, 0.3) is 0 Å². The van der Waals surface area contributed by atoms with Crippen LogP contribution in [0.1, 0.15) is 122 Å². The van der Waals surface area contributed by atoms with Crippen LogP contribution >= 0.6 is 0 Å². The van der Waals surface area contributed by atoms with E-state index in [1.54, 1.807) is 0 Å². The molecule has 0 aromatic heterocycles. The zero-order chi connectivity index (χ0) is 23.3. The molecule has 0 aliphatic carbocycles. The fourth-order valence-corrected chi connectivity index (χ4v) is 3.81. The molecule has 0 unspecified atom stereocenters. The molecule has 0 heterocycles. The molecule has 0 bridgehead atoms. The number of carbonyl (C=O) groups excluding carboxylic acids is 2. The highest BCUT2D eigenvalue weighted by Gasteiger charge is 2.08. The summed E-state index contributed by atoms with van der Waals surface area (Å²) < 4.78 is 10.8. The fraction of sp³-hybridized carbons (Fsp3) is 0.714. The number of unbranched alkanes of at least 4 members (excludes halogenated alkanes) is 12. The first kappa shape index (κ1) is 28.2. The van der Waals surface area contributed by atoms with Gasteiger partial charge in [-0.15, -0.1) is 0 Å². The number of carbonyl (C=O) groups is 2. The molecule has 0 aliphatic rings. The summed E-state index contributed by atoms with van der Waals surface area (Å²) in [5.41, 5.74) is 1.07. The van der Waals surface area contributed by atoms with Crippen LogP contribution in [0, 0.1) is 0 Å². The number of benzene rings is 1. The van der Waals surface area contributed by atoms with Crippen molar-refractivity contribution in [2.75, 3.05) is 6.61 Å². The molecule has 4 heteroatoms. The lowest BCUT2D eigenvalue weighted by atomic mass is 10.1. The first-order valence-electron chi connectivity index (χ1n) is 13.1. The number of rotatable bonds is 20. The van der Waals surface area contributed by atoms with Gasteiger partial charge < -0.3 is 9.47 Å². The third-order valence-electron chi connectivity index (χ3n) is 5.85. The number of para-hydroxylation sites is 1. The van der Waals surface area contributed by atoms with Crippen molar-refractivity contribution in [2.45, 2.75) is 123 Å². The molecule has 1 aromatic rings. The van der Waals surface area contributed by atoms with Crippen molar-refractivity contribution in [3.8, 4) is 5.75 Å². The predicted molar refractivity (Wildman–Crippen MR) is 132 cm³/mol. The van der Waals surface area contributed by atoms with Gasteiger partial charge in [0.2, 0.25) is 0 Å². The maximum Gasteiger partial charge on any atom is 0.311 e. The Hall–Kier alpha value is -1.84. The molecule has 0 saturated heterocycles. The minimum atomic E-state index is -0.148. The van der Waals surface area contributed by atoms with E-state index in [0.29, 0.717) is 25.2 Å². The third-order valence-corrected chi connectivity index (χ3v) is 5.85. The van der Waals surface area contributed by atoms with Gasteiger partial charge in [-0.1, -0.05) is 103 Å². The van der Waals surface area contributed by atoms with Crippen LogP contribution in [0.25, 0.3) is 0 Å². The molecule has 0 atom stereocenters. The quantitative estimate of drug-likeness (QED) is 0.116. The topological polar surface area (TPSA) is 52.6 Å². The van der Waals surface area contributed by atoms with Gasteiger partial charge in [0.05, 0.1) is 6.61 Å². The second-order valence-electron chi connectivity index (χ2n) is 8.75. The van der Waals surface area contributed by atoms with Gasteiger partial charge in [0.1, 0.15) is 5.75 Å². The number of hydrogen-bond donors (Lipinski definition) is 0. The zero-order valence-electron chi connectivity index (χ0n) is 20.7. The molecule has 1 aromatic carbocycles. The van der Waals surface area contributed by atoms with E-state index < -0.39 is 0 Å². The van der Waals surface area contributed by atoms with Gasteiger partial charge in [-0.3, -0.25) is 9.59 Å². The van der Waals surface area contributed by atoms with Crippen molar-refractivity contribution in [3.63, 3.8) is 0 Å². The van der Waals surface area contributed by atoms with Crippen molar-refractivity contribution in [1.82, 2.24) is 0 Å². The Bertz CT molecular complexity index is 611. The van der Waals surface area contributed by atoms with E-state index >= 15 is 0 Å². The van der Waals surface area contributed by atoms with E-state index in [2.05, 4.69) is 13.8 Å². The Balaban J connectivity index is 1.89. The summed E-state index contributed by atoms with van der Waals surface area (Å²) in [6, 6.07) is 7.72. The Kier molecular flexibility index (Phi) is 17.5. The Labute approximate surface area is 196 Å². The monoisotopic (exact) mass is 446 g/mol. The first-order valence-corrected chi connectivity index (χ1v) is 13.1. The predicted octanol–water partition coefficient (Wildman–Crippen LogP) is 7.96. The smallest absolute Gasteiger partial charge is 0.311 e. The van der Waals surface area contributed by atoms with Crippen LogP contribution in [0.4, 0.5) is 0 Å². The zero-order valence-corrected chi connectivity index (χ0v) is 20.7. The van der Waals surface area contributed by atoms with E-state index in [1.165, 1.54) is 38.5 Å². The molecular weight excluding hydrogens is 400 g/mol. The molecule has 0 saturated carbocycles. The van der Waals surface area contributed by atoms with E-state index in [0.717, 1.165) is 63.4 Å². The Morgan fingerprint density at radius 2 is 1.19 bits per heavy atom. The molecule has 0 N–H and O–H groups in total. The standard InChI is InChI=1S/C28H46O4/c1-3-5-6-7-8-11-14-19-24-31-27(29)22-15-12-9-10-13-16-23-28(30)32-26-21-18-17-20-25(26)4-2/h17-18,20-21H,3-16,19,22-24H2,1-2H3. The van der Waals surface area contributed by atoms with Crippen LogP contribution < -0.4 is 4.74 Å². The lowest BCUT2D eigenvalue weighted by Crippen LogP contribution is -2.08. The number of ether oxygens (including phenoxy) is 2. The molecule has 0 radical (unpaired) electrons. The van der Waals surface area contributed by atoms with Crippen LogP contribution in [0.15, 0.2) is 24.3 Å². The lowest BCUT2D eigenvalue weighted by molar-refractivity contribution is -0.144. The molecule has 0 aliphatic heterocycles. The SMILES string of the molecule is CCCCCCCCCCOC(=O)CCCCCCCCC(=O)Oc1ccccc1CC. The summed E-state index contributed by atoms with van der Waals surface area (Å²) in [6.45, 7) is 4.88. The summed E-state index contributed by atoms with van der Waals surface area (Å²) >= 11 is 0. The van der Waals surface area contributed by atoms with Crippen molar-refractivity contribution < 1.29 is 19.1 Å². The summed E-state index contributed by atoms with van der Waals surface area (Å²) in [6.07, 6.45) is 17.9. The summed E-state index contributed by atoms with van der Waals surface area (Å²) in [5, 5.41) is 0. The molecule has 0 amide bonds.